The van der Waals surface area contributed by atoms with Gasteiger partial charge in [0.05, 0.1) is 12.6 Å². The highest BCUT2D eigenvalue weighted by Crippen LogP contribution is 2.21. The molecule has 0 radical (unpaired) electrons. The molecule has 5 heteroatoms. The number of aliphatic hydroxyl groups excluding tert-OH is 1. The van der Waals surface area contributed by atoms with Crippen LogP contribution >= 0.6 is 0 Å². The minimum absolute atomic E-state index is 0.304. The van der Waals surface area contributed by atoms with E-state index in [0.717, 1.165) is 6.42 Å². The van der Waals surface area contributed by atoms with Gasteiger partial charge in [0.25, 0.3) is 0 Å². The van der Waals surface area contributed by atoms with Crippen molar-refractivity contribution in [3.8, 4) is 0 Å². The number of alkyl halides is 3. The maximum absolute atomic E-state index is 12.3. The van der Waals surface area contributed by atoms with Crippen molar-refractivity contribution in [2.45, 2.75) is 58.4 Å². The third-order valence-corrected chi connectivity index (χ3v) is 2.70. The van der Waals surface area contributed by atoms with Gasteiger partial charge in [-0.15, -0.1) is 0 Å². The molecule has 0 spiro atoms. The molecule has 0 aromatic rings. The fourth-order valence-corrected chi connectivity index (χ4v) is 1.96. The van der Waals surface area contributed by atoms with Crippen molar-refractivity contribution in [1.29, 1.82) is 0 Å². The molecule has 2 unspecified atom stereocenters. The van der Waals surface area contributed by atoms with E-state index in [1.807, 2.05) is 13.8 Å². The Kier molecular flexibility index (Phi) is 6.99. The second-order valence-corrected chi connectivity index (χ2v) is 4.01. The van der Waals surface area contributed by atoms with Gasteiger partial charge in [-0.2, -0.15) is 13.2 Å². The Morgan fingerprint density at radius 1 is 1.19 bits per heavy atom. The van der Waals surface area contributed by atoms with Crippen molar-refractivity contribution < 1.29 is 18.3 Å². The molecule has 0 amide bonds. The maximum atomic E-state index is 12.3. The molecule has 1 N–H and O–H groups in total. The largest absolute Gasteiger partial charge is 0.401 e. The number of aliphatic hydroxyl groups is 1. The summed E-state index contributed by atoms with van der Waals surface area (Å²) in [7, 11) is 0. The van der Waals surface area contributed by atoms with Crippen molar-refractivity contribution in [3.05, 3.63) is 0 Å². The quantitative estimate of drug-likeness (QED) is 0.741. The molecule has 0 aromatic heterocycles. The van der Waals surface area contributed by atoms with Crippen LogP contribution in [0.15, 0.2) is 0 Å². The van der Waals surface area contributed by atoms with Gasteiger partial charge in [0.1, 0.15) is 0 Å². The van der Waals surface area contributed by atoms with Crippen LogP contribution in [0.4, 0.5) is 13.2 Å². The highest BCUT2D eigenvalue weighted by atomic mass is 19.4. The third kappa shape index (κ3) is 5.70. The van der Waals surface area contributed by atoms with Gasteiger partial charge in [-0.1, -0.05) is 27.2 Å². The highest BCUT2D eigenvalue weighted by Gasteiger charge is 2.34. The Hall–Kier alpha value is -0.290. The first kappa shape index (κ1) is 15.7. The topological polar surface area (TPSA) is 23.5 Å². The lowest BCUT2D eigenvalue weighted by molar-refractivity contribution is -0.155. The molecule has 16 heavy (non-hydrogen) atoms. The van der Waals surface area contributed by atoms with Gasteiger partial charge in [-0.3, -0.25) is 4.90 Å². The standard InChI is InChI=1S/C11H22F3NO/c1-4-7-10(16)9(5-2)15(6-3)8-11(12,13)14/h9-10,16H,4-8H2,1-3H3. The minimum Gasteiger partial charge on any atom is -0.391 e. The van der Waals surface area contributed by atoms with Crippen LogP contribution < -0.4 is 0 Å². The molecule has 98 valence electrons. The van der Waals surface area contributed by atoms with Gasteiger partial charge in [0.2, 0.25) is 0 Å². The second kappa shape index (κ2) is 7.12. The highest BCUT2D eigenvalue weighted by molar-refractivity contribution is 4.78. The molecule has 0 aliphatic heterocycles. The summed E-state index contributed by atoms with van der Waals surface area (Å²) in [4.78, 5) is 1.31. The van der Waals surface area contributed by atoms with E-state index >= 15 is 0 Å². The molecule has 0 saturated heterocycles. The zero-order valence-electron chi connectivity index (χ0n) is 10.2. The van der Waals surface area contributed by atoms with Crippen molar-refractivity contribution >= 4 is 0 Å². The van der Waals surface area contributed by atoms with Crippen LogP contribution in [0.5, 0.6) is 0 Å². The third-order valence-electron chi connectivity index (χ3n) is 2.70. The Labute approximate surface area is 95.4 Å². The summed E-state index contributed by atoms with van der Waals surface area (Å²) in [6, 6.07) is -0.397. The first-order valence-corrected chi connectivity index (χ1v) is 5.84. The van der Waals surface area contributed by atoms with Crippen LogP contribution in [0.25, 0.3) is 0 Å². The lowest BCUT2D eigenvalue weighted by Crippen LogP contribution is -2.47. The molecule has 2 nitrogen and oxygen atoms in total. The molecule has 0 bridgehead atoms. The van der Waals surface area contributed by atoms with Crippen molar-refractivity contribution in [3.63, 3.8) is 0 Å². The van der Waals surface area contributed by atoms with E-state index in [1.165, 1.54) is 4.90 Å². The zero-order valence-corrected chi connectivity index (χ0v) is 10.2. The summed E-state index contributed by atoms with van der Waals surface area (Å²) in [5.74, 6) is 0. The predicted molar refractivity (Wildman–Crippen MR) is 58.3 cm³/mol. The lowest BCUT2D eigenvalue weighted by Gasteiger charge is -2.33. The molecular formula is C11H22F3NO. The smallest absolute Gasteiger partial charge is 0.391 e. The van der Waals surface area contributed by atoms with Crippen LogP contribution in [0.1, 0.15) is 40.0 Å². The molecule has 0 heterocycles. The van der Waals surface area contributed by atoms with Gasteiger partial charge >= 0.3 is 6.18 Å². The summed E-state index contributed by atoms with van der Waals surface area (Å²) in [6.45, 7) is 4.77. The molecule has 0 aliphatic carbocycles. The Bertz CT molecular complexity index is 185. The number of likely N-dealkylation sites (N-methyl/N-ethyl adjacent to an activating group) is 1. The number of hydrogen-bond acceptors (Lipinski definition) is 2. The predicted octanol–water partition coefficient (Wildman–Crippen LogP) is 2.81. The fourth-order valence-electron chi connectivity index (χ4n) is 1.96. The summed E-state index contributed by atoms with van der Waals surface area (Å²) < 4.78 is 36.9. The zero-order chi connectivity index (χ0) is 12.8. The Balaban J connectivity index is 4.49. The minimum atomic E-state index is -4.20. The van der Waals surface area contributed by atoms with E-state index in [9.17, 15) is 18.3 Å². The van der Waals surface area contributed by atoms with Gasteiger partial charge < -0.3 is 5.11 Å². The molecule has 0 saturated carbocycles. The monoisotopic (exact) mass is 241 g/mol. The first-order chi connectivity index (χ1) is 7.35. The van der Waals surface area contributed by atoms with Crippen LogP contribution in [0, 0.1) is 0 Å². The van der Waals surface area contributed by atoms with E-state index in [2.05, 4.69) is 0 Å². The number of hydrogen-bond donors (Lipinski definition) is 1. The Morgan fingerprint density at radius 2 is 1.75 bits per heavy atom. The summed E-state index contributed by atoms with van der Waals surface area (Å²) in [6.07, 6.45) is -3.01. The van der Waals surface area contributed by atoms with Crippen LogP contribution in [0.2, 0.25) is 0 Å². The number of halogens is 3. The van der Waals surface area contributed by atoms with E-state index in [0.29, 0.717) is 19.4 Å². The molecule has 0 aliphatic rings. The summed E-state index contributed by atoms with van der Waals surface area (Å²) >= 11 is 0. The average molecular weight is 241 g/mol. The van der Waals surface area contributed by atoms with Crippen molar-refractivity contribution in [2.24, 2.45) is 0 Å². The van der Waals surface area contributed by atoms with E-state index in [-0.39, 0.29) is 0 Å². The summed E-state index contributed by atoms with van der Waals surface area (Å²) in [5, 5.41) is 9.80. The van der Waals surface area contributed by atoms with Gasteiger partial charge in [0.15, 0.2) is 0 Å². The molecule has 0 aromatic carbocycles. The van der Waals surface area contributed by atoms with Crippen LogP contribution in [-0.2, 0) is 0 Å². The molecular weight excluding hydrogens is 219 g/mol. The molecule has 0 rings (SSSR count). The maximum Gasteiger partial charge on any atom is 0.401 e. The first-order valence-electron chi connectivity index (χ1n) is 5.84. The van der Waals surface area contributed by atoms with Crippen LogP contribution in [-0.4, -0.2) is 41.4 Å². The van der Waals surface area contributed by atoms with Gasteiger partial charge in [0, 0.05) is 6.04 Å². The van der Waals surface area contributed by atoms with E-state index in [1.54, 1.807) is 6.92 Å². The molecule has 0 fully saturated rings. The van der Waals surface area contributed by atoms with Crippen LogP contribution in [0.3, 0.4) is 0 Å². The van der Waals surface area contributed by atoms with Gasteiger partial charge in [-0.05, 0) is 19.4 Å². The lowest BCUT2D eigenvalue weighted by atomic mass is 10.0. The average Bonchev–Trinajstić information content (AvgIpc) is 2.16. The fraction of sp³-hybridized carbons (Fsp3) is 1.00. The van der Waals surface area contributed by atoms with Gasteiger partial charge in [-0.25, -0.2) is 0 Å². The van der Waals surface area contributed by atoms with Crippen molar-refractivity contribution in [1.82, 2.24) is 4.90 Å². The number of nitrogens with zero attached hydrogens (tertiary/aromatic N) is 1. The number of rotatable bonds is 7. The summed E-state index contributed by atoms with van der Waals surface area (Å²) in [5.41, 5.74) is 0. The second-order valence-electron chi connectivity index (χ2n) is 4.01. The molecule has 2 atom stereocenters. The Morgan fingerprint density at radius 3 is 2.06 bits per heavy atom. The van der Waals surface area contributed by atoms with E-state index < -0.39 is 24.9 Å². The van der Waals surface area contributed by atoms with E-state index in [4.69, 9.17) is 0 Å². The SMILES string of the molecule is CCCC(O)C(CC)N(CC)CC(F)(F)F. The normalized spacial score (nSPS) is 16.5. The van der Waals surface area contributed by atoms with Crippen molar-refractivity contribution in [2.75, 3.05) is 13.1 Å².